The molecule has 27 heavy (non-hydrogen) atoms. The molecule has 1 amide bonds. The van der Waals surface area contributed by atoms with Gasteiger partial charge in [0.05, 0.1) is 5.39 Å². The molecule has 2 heterocycles. The van der Waals surface area contributed by atoms with E-state index in [1.165, 1.54) is 10.9 Å². The van der Waals surface area contributed by atoms with Gasteiger partial charge in [0.15, 0.2) is 5.65 Å². The van der Waals surface area contributed by atoms with Crippen LogP contribution in [0, 0.1) is 0 Å². The van der Waals surface area contributed by atoms with Gasteiger partial charge in [-0.3, -0.25) is 14.2 Å². The Morgan fingerprint density at radius 1 is 1.19 bits per heavy atom. The first-order valence-corrected chi connectivity index (χ1v) is 9.27. The Morgan fingerprint density at radius 2 is 1.96 bits per heavy atom. The summed E-state index contributed by atoms with van der Waals surface area (Å²) in [5.41, 5.74) is 3.51. The quantitative estimate of drug-likeness (QED) is 0.714. The maximum absolute atomic E-state index is 12.8. The Hall–Kier alpha value is -3.02. The number of rotatable bonds is 4. The lowest BCUT2D eigenvalue weighted by Crippen LogP contribution is -2.33. The number of aryl methyl sites for hydroxylation is 2. The fourth-order valence-electron chi connectivity index (χ4n) is 3.53. The molecule has 0 radical (unpaired) electrons. The molecule has 2 aromatic heterocycles. The van der Waals surface area contributed by atoms with Crippen LogP contribution in [0.4, 0.5) is 0 Å². The number of aromatic nitrogens is 3. The van der Waals surface area contributed by atoms with Gasteiger partial charge in [-0.2, -0.15) is 0 Å². The number of benzene rings is 1. The maximum atomic E-state index is 12.8. The van der Waals surface area contributed by atoms with Crippen LogP contribution >= 0.6 is 0 Å². The third kappa shape index (κ3) is 3.60. The molecule has 138 valence electrons. The van der Waals surface area contributed by atoms with E-state index in [-0.39, 0.29) is 18.0 Å². The lowest BCUT2D eigenvalue weighted by molar-refractivity contribution is -0.131. The third-order valence-electron chi connectivity index (χ3n) is 5.09. The zero-order valence-electron chi connectivity index (χ0n) is 15.4. The Bertz CT molecular complexity index is 1040. The molecule has 1 aliphatic rings. The van der Waals surface area contributed by atoms with Gasteiger partial charge < -0.3 is 4.90 Å². The molecule has 0 saturated heterocycles. The van der Waals surface area contributed by atoms with Gasteiger partial charge in [-0.15, -0.1) is 0 Å². The number of amides is 1. The number of fused-ring (bicyclic) bond motifs is 2. The molecule has 0 bridgehead atoms. The van der Waals surface area contributed by atoms with Gasteiger partial charge in [-0.05, 0) is 42.9 Å². The van der Waals surface area contributed by atoms with Gasteiger partial charge in [0.1, 0.15) is 12.9 Å². The summed E-state index contributed by atoms with van der Waals surface area (Å²) >= 11 is 0. The van der Waals surface area contributed by atoms with Gasteiger partial charge >= 0.3 is 0 Å². The first-order chi connectivity index (χ1) is 13.1. The molecule has 1 aliphatic carbocycles. The molecule has 3 aromatic rings. The van der Waals surface area contributed by atoms with E-state index in [1.807, 2.05) is 36.4 Å². The molecule has 1 aromatic carbocycles. The Kier molecular flexibility index (Phi) is 4.71. The number of likely N-dealkylation sites (N-methyl/N-ethyl adjacent to an activating group) is 1. The van der Waals surface area contributed by atoms with Crippen molar-refractivity contribution >= 4 is 16.9 Å². The fraction of sp³-hybridized carbons (Fsp3) is 0.333. The van der Waals surface area contributed by atoms with Gasteiger partial charge in [0.25, 0.3) is 5.56 Å². The van der Waals surface area contributed by atoms with Crippen LogP contribution in [0.2, 0.25) is 0 Å². The predicted molar refractivity (Wildman–Crippen MR) is 103 cm³/mol. The molecule has 0 N–H and O–H groups in total. The summed E-state index contributed by atoms with van der Waals surface area (Å²) in [4.78, 5) is 35.9. The number of hydrogen-bond acceptors (Lipinski definition) is 4. The molecule has 0 unspecified atom stereocenters. The molecular weight excluding hydrogens is 340 g/mol. The van der Waals surface area contributed by atoms with E-state index in [0.29, 0.717) is 17.6 Å². The zero-order chi connectivity index (χ0) is 18.8. The molecule has 0 fully saturated rings. The van der Waals surface area contributed by atoms with Crippen molar-refractivity contribution in [1.82, 2.24) is 19.4 Å². The van der Waals surface area contributed by atoms with E-state index >= 15 is 0 Å². The second kappa shape index (κ2) is 7.31. The van der Waals surface area contributed by atoms with Crippen molar-refractivity contribution in [3.63, 3.8) is 0 Å². The van der Waals surface area contributed by atoms with Crippen LogP contribution in [0.1, 0.15) is 29.7 Å². The fourth-order valence-corrected chi connectivity index (χ4v) is 3.53. The largest absolute Gasteiger partial charge is 0.340 e. The van der Waals surface area contributed by atoms with E-state index in [0.717, 1.165) is 42.5 Å². The first-order valence-electron chi connectivity index (χ1n) is 9.27. The Morgan fingerprint density at radius 3 is 2.78 bits per heavy atom. The van der Waals surface area contributed by atoms with Crippen molar-refractivity contribution in [1.29, 1.82) is 0 Å². The first kappa shape index (κ1) is 17.4. The van der Waals surface area contributed by atoms with Crippen molar-refractivity contribution in [2.75, 3.05) is 7.05 Å². The monoisotopic (exact) mass is 362 g/mol. The normalized spacial score (nSPS) is 13.4. The van der Waals surface area contributed by atoms with Crippen LogP contribution in [0.15, 0.2) is 47.5 Å². The zero-order valence-corrected chi connectivity index (χ0v) is 15.4. The molecule has 6 nitrogen and oxygen atoms in total. The van der Waals surface area contributed by atoms with Crippen LogP contribution in [0.25, 0.3) is 11.0 Å². The second-order valence-corrected chi connectivity index (χ2v) is 7.09. The van der Waals surface area contributed by atoms with Crippen LogP contribution in [0.5, 0.6) is 0 Å². The second-order valence-electron chi connectivity index (χ2n) is 7.09. The van der Waals surface area contributed by atoms with Crippen molar-refractivity contribution in [3.05, 3.63) is 69.9 Å². The predicted octanol–water partition coefficient (Wildman–Crippen LogP) is 2.33. The van der Waals surface area contributed by atoms with E-state index in [1.54, 1.807) is 11.9 Å². The van der Waals surface area contributed by atoms with Gasteiger partial charge in [0.2, 0.25) is 5.91 Å². The number of hydrogen-bond donors (Lipinski definition) is 0. The minimum atomic E-state index is -0.206. The molecular formula is C21H22N4O2. The minimum absolute atomic E-state index is 0.0256. The number of carbonyl (C=O) groups excluding carboxylic acids is 1. The van der Waals surface area contributed by atoms with Gasteiger partial charge in [0, 0.05) is 19.3 Å². The van der Waals surface area contributed by atoms with Crippen LogP contribution < -0.4 is 5.56 Å². The van der Waals surface area contributed by atoms with E-state index in [4.69, 9.17) is 0 Å². The van der Waals surface area contributed by atoms with Crippen molar-refractivity contribution in [3.8, 4) is 0 Å². The standard InChI is InChI=1S/C21H22N4O2/c1-24(12-15-7-3-2-4-8-15)19(26)13-25-14-22-20-17(21(25)27)11-16-9-5-6-10-18(16)23-20/h2-4,7-8,11,14H,5-6,9-10,12-13H2,1H3. The van der Waals surface area contributed by atoms with Crippen molar-refractivity contribution in [2.45, 2.75) is 38.8 Å². The van der Waals surface area contributed by atoms with Gasteiger partial charge in [-0.25, -0.2) is 9.97 Å². The molecule has 0 atom stereocenters. The molecule has 0 saturated carbocycles. The highest BCUT2D eigenvalue weighted by Gasteiger charge is 2.16. The average molecular weight is 362 g/mol. The van der Waals surface area contributed by atoms with Crippen molar-refractivity contribution < 1.29 is 4.79 Å². The molecule has 6 heteroatoms. The number of nitrogens with zero attached hydrogens (tertiary/aromatic N) is 4. The summed E-state index contributed by atoms with van der Waals surface area (Å²) in [6.07, 6.45) is 5.58. The summed E-state index contributed by atoms with van der Waals surface area (Å²) in [5, 5.41) is 0.497. The summed E-state index contributed by atoms with van der Waals surface area (Å²) in [6.45, 7) is 0.479. The summed E-state index contributed by atoms with van der Waals surface area (Å²) < 4.78 is 1.38. The smallest absolute Gasteiger partial charge is 0.263 e. The lowest BCUT2D eigenvalue weighted by atomic mass is 9.95. The number of carbonyl (C=O) groups is 1. The van der Waals surface area contributed by atoms with E-state index < -0.39 is 0 Å². The Labute approximate surface area is 157 Å². The van der Waals surface area contributed by atoms with Crippen LogP contribution in [-0.2, 0) is 30.7 Å². The molecule has 0 aliphatic heterocycles. The minimum Gasteiger partial charge on any atom is -0.340 e. The molecule has 4 rings (SSSR count). The Balaban J connectivity index is 1.57. The molecule has 0 spiro atoms. The highest BCUT2D eigenvalue weighted by Crippen LogP contribution is 2.21. The maximum Gasteiger partial charge on any atom is 0.263 e. The average Bonchev–Trinajstić information content (AvgIpc) is 2.69. The van der Waals surface area contributed by atoms with Crippen LogP contribution in [-0.4, -0.2) is 32.4 Å². The highest BCUT2D eigenvalue weighted by atomic mass is 16.2. The SMILES string of the molecule is CN(Cc1ccccc1)C(=O)Cn1cnc2nc3c(cc2c1=O)CCCC3. The topological polar surface area (TPSA) is 68.1 Å². The lowest BCUT2D eigenvalue weighted by Gasteiger charge is -2.18. The van der Waals surface area contributed by atoms with Crippen molar-refractivity contribution in [2.24, 2.45) is 0 Å². The summed E-state index contributed by atoms with van der Waals surface area (Å²) in [7, 11) is 1.74. The summed E-state index contributed by atoms with van der Waals surface area (Å²) in [5.74, 6) is -0.131. The van der Waals surface area contributed by atoms with Crippen LogP contribution in [0.3, 0.4) is 0 Å². The number of pyridine rings is 1. The third-order valence-corrected chi connectivity index (χ3v) is 5.09. The van der Waals surface area contributed by atoms with E-state index in [9.17, 15) is 9.59 Å². The van der Waals surface area contributed by atoms with E-state index in [2.05, 4.69) is 9.97 Å². The van der Waals surface area contributed by atoms with Gasteiger partial charge in [-0.1, -0.05) is 30.3 Å². The summed E-state index contributed by atoms with van der Waals surface area (Å²) in [6, 6.07) is 11.7. The highest BCUT2D eigenvalue weighted by molar-refractivity contribution is 5.77.